The monoisotopic (exact) mass is 625 g/mol. The van der Waals surface area contributed by atoms with Crippen molar-refractivity contribution in [3.05, 3.63) is 11.1 Å². The molecule has 6 aliphatic rings. The van der Waals surface area contributed by atoms with E-state index in [0.29, 0.717) is 39.8 Å². The zero-order valence-corrected chi connectivity index (χ0v) is 25.5. The molecule has 0 aromatic carbocycles. The van der Waals surface area contributed by atoms with Crippen LogP contribution in [0.5, 0.6) is 0 Å². The van der Waals surface area contributed by atoms with Gasteiger partial charge in [0.1, 0.15) is 12.6 Å². The standard InChI is InChI=1S/C25H37ClN2O6S4/c26-17-7-9-20-19(14-17)27(11-3-13-37(29,30)31)22(35-20)15-23-28(12-10-24(28)38(32,33)34)25-18-5-2-1-4-16(18)6-8-21(25)36-23/h15-21,24-25H,1-14H2/p+1. The minimum absolute atomic E-state index is 0.0687. The predicted octanol–water partition coefficient (Wildman–Crippen LogP) is 3.97. The molecule has 3 saturated carbocycles. The molecule has 1 N–H and O–H groups in total. The summed E-state index contributed by atoms with van der Waals surface area (Å²) in [4.78, 5) is 0. The van der Waals surface area contributed by atoms with E-state index in [0.717, 1.165) is 48.7 Å². The Morgan fingerprint density at radius 1 is 1.03 bits per heavy atom. The second-order valence-corrected chi connectivity index (χ2v) is 18.3. The normalized spacial score (nSPS) is 44.1. The van der Waals surface area contributed by atoms with Crippen LogP contribution in [0, 0.1) is 11.8 Å². The van der Waals surface area contributed by atoms with E-state index in [1.807, 2.05) is 11.8 Å². The molecule has 214 valence electrons. The number of fused-ring (bicyclic) bond motifs is 5. The SMILES string of the molecule is O=S(=O)([O-])CCC[N+]1=C(C=C2SC3CCC4CCCCC4C3[N+]23CCC3S(=O)(=O)O)SC2CCC(Cl)CC21. The van der Waals surface area contributed by atoms with Crippen LogP contribution >= 0.6 is 35.1 Å². The molecule has 6 rings (SSSR count). The topological polar surface area (TPSA) is 115 Å². The molecule has 3 aliphatic carbocycles. The highest BCUT2D eigenvalue weighted by molar-refractivity contribution is 8.15. The number of hydrogen-bond acceptors (Lipinski definition) is 7. The van der Waals surface area contributed by atoms with Gasteiger partial charge in [0.15, 0.2) is 11.1 Å². The highest BCUT2D eigenvalue weighted by atomic mass is 35.5. The zero-order chi connectivity index (χ0) is 26.9. The zero-order valence-electron chi connectivity index (χ0n) is 21.5. The van der Waals surface area contributed by atoms with Crippen LogP contribution in [0.1, 0.15) is 70.6 Å². The minimum atomic E-state index is -4.29. The molecule has 0 radical (unpaired) electrons. The van der Waals surface area contributed by atoms with E-state index >= 15 is 0 Å². The summed E-state index contributed by atoms with van der Waals surface area (Å²) in [7, 11) is -8.51. The molecule has 0 bridgehead atoms. The van der Waals surface area contributed by atoms with E-state index in [2.05, 4.69) is 10.7 Å². The Morgan fingerprint density at radius 2 is 1.79 bits per heavy atom. The lowest BCUT2D eigenvalue weighted by Gasteiger charge is -2.56. The maximum Gasteiger partial charge on any atom is 0.320 e. The molecular weight excluding hydrogens is 588 g/mol. The summed E-state index contributed by atoms with van der Waals surface area (Å²) >= 11 is 10.2. The average molecular weight is 626 g/mol. The summed E-state index contributed by atoms with van der Waals surface area (Å²) in [6.45, 7) is 1.19. The van der Waals surface area contributed by atoms with Crippen molar-refractivity contribution in [2.75, 3.05) is 18.8 Å². The Bertz CT molecular complexity index is 1240. The van der Waals surface area contributed by atoms with Crippen LogP contribution in [0.2, 0.25) is 0 Å². The van der Waals surface area contributed by atoms with Crippen molar-refractivity contribution in [2.45, 2.75) is 104 Å². The van der Waals surface area contributed by atoms with Gasteiger partial charge in [0.25, 0.3) is 0 Å². The lowest BCUT2D eigenvalue weighted by molar-refractivity contribution is -0.957. The third-order valence-electron chi connectivity index (χ3n) is 10.1. The van der Waals surface area contributed by atoms with Crippen LogP contribution in [-0.4, -0.2) is 92.2 Å². The second kappa shape index (κ2) is 10.5. The van der Waals surface area contributed by atoms with Gasteiger partial charge in [-0.15, -0.1) is 11.6 Å². The number of hydrogen-bond donors (Lipinski definition) is 1. The van der Waals surface area contributed by atoms with E-state index in [-0.39, 0.29) is 23.9 Å². The summed E-state index contributed by atoms with van der Waals surface area (Å²) in [5.41, 5.74) is 0. The van der Waals surface area contributed by atoms with Gasteiger partial charge in [-0.1, -0.05) is 24.6 Å². The van der Waals surface area contributed by atoms with Gasteiger partial charge in [-0.25, -0.2) is 13.0 Å². The Balaban J connectivity index is 1.40. The summed E-state index contributed by atoms with van der Waals surface area (Å²) in [5, 5.41) is 2.04. The Kier molecular flexibility index (Phi) is 7.80. The van der Waals surface area contributed by atoms with Crippen LogP contribution in [0.3, 0.4) is 0 Å². The first-order valence-corrected chi connectivity index (χ1v) is 19.4. The number of quaternary nitrogens is 1. The Morgan fingerprint density at radius 3 is 2.50 bits per heavy atom. The van der Waals surface area contributed by atoms with Crippen molar-refractivity contribution in [1.82, 2.24) is 0 Å². The minimum Gasteiger partial charge on any atom is -0.748 e. The fraction of sp³-hybridized carbons (Fsp3) is 0.880. The summed E-state index contributed by atoms with van der Waals surface area (Å²) in [5.74, 6) is 0.738. The molecule has 0 amide bonds. The highest BCUT2D eigenvalue weighted by Crippen LogP contribution is 2.61. The lowest BCUT2D eigenvalue weighted by Crippen LogP contribution is -2.72. The fourth-order valence-corrected chi connectivity index (χ4v) is 14.0. The van der Waals surface area contributed by atoms with Gasteiger partial charge in [-0.3, -0.25) is 9.04 Å². The van der Waals surface area contributed by atoms with Crippen LogP contribution in [0.25, 0.3) is 0 Å². The summed E-state index contributed by atoms with van der Waals surface area (Å²) < 4.78 is 72.4. The van der Waals surface area contributed by atoms with Crippen LogP contribution in [0.15, 0.2) is 11.1 Å². The molecular formula is C25H38ClN2O6S4+. The summed E-state index contributed by atoms with van der Waals surface area (Å²) in [6.07, 6.45) is 12.7. The largest absolute Gasteiger partial charge is 0.748 e. The van der Waals surface area contributed by atoms with E-state index < -0.39 is 31.4 Å². The van der Waals surface area contributed by atoms with Gasteiger partial charge in [-0.2, -0.15) is 8.42 Å². The molecule has 0 aromatic rings. The van der Waals surface area contributed by atoms with Crippen molar-refractivity contribution in [1.29, 1.82) is 0 Å². The highest BCUT2D eigenvalue weighted by Gasteiger charge is 2.69. The van der Waals surface area contributed by atoms with Crippen LogP contribution in [-0.2, 0) is 20.2 Å². The first-order chi connectivity index (χ1) is 18.0. The average Bonchev–Trinajstić information content (AvgIpc) is 3.33. The number of alkyl halides is 1. The molecule has 3 heterocycles. The Hall–Kier alpha value is 0.180. The van der Waals surface area contributed by atoms with Crippen molar-refractivity contribution in [2.24, 2.45) is 11.8 Å². The number of thioether (sulfide) groups is 2. The third-order valence-corrected chi connectivity index (χ3v) is 15.6. The third kappa shape index (κ3) is 5.05. The van der Waals surface area contributed by atoms with Gasteiger partial charge in [-0.05, 0) is 56.2 Å². The molecule has 1 spiro atoms. The van der Waals surface area contributed by atoms with Gasteiger partial charge >= 0.3 is 10.1 Å². The van der Waals surface area contributed by atoms with Gasteiger partial charge in [0.05, 0.1) is 39.7 Å². The van der Waals surface area contributed by atoms with E-state index in [4.69, 9.17) is 11.6 Å². The molecule has 0 aromatic heterocycles. The maximum atomic E-state index is 12.7. The molecule has 3 aliphatic heterocycles. The van der Waals surface area contributed by atoms with Crippen molar-refractivity contribution >= 4 is 60.4 Å². The number of nitrogens with zero attached hydrogens (tertiary/aromatic N) is 2. The number of halogens is 1. The molecule has 13 heteroatoms. The van der Waals surface area contributed by atoms with Gasteiger partial charge < -0.3 is 4.55 Å². The molecule has 38 heavy (non-hydrogen) atoms. The summed E-state index contributed by atoms with van der Waals surface area (Å²) in [6, 6.07) is 0.391. The Labute approximate surface area is 240 Å². The van der Waals surface area contributed by atoms with Crippen molar-refractivity contribution < 1.29 is 35.0 Å². The van der Waals surface area contributed by atoms with E-state index in [1.165, 1.54) is 25.7 Å². The van der Waals surface area contributed by atoms with Crippen LogP contribution < -0.4 is 0 Å². The first-order valence-electron chi connectivity index (χ1n) is 14.1. The smallest absolute Gasteiger partial charge is 0.320 e. The molecule has 9 unspecified atom stereocenters. The lowest BCUT2D eigenvalue weighted by atomic mass is 9.66. The van der Waals surface area contributed by atoms with Gasteiger partial charge in [0, 0.05) is 29.9 Å². The molecule has 5 fully saturated rings. The fourth-order valence-electron chi connectivity index (χ4n) is 8.51. The second-order valence-electron chi connectivity index (χ2n) is 12.1. The quantitative estimate of drug-likeness (QED) is 0.204. The van der Waals surface area contributed by atoms with Crippen molar-refractivity contribution in [3.8, 4) is 0 Å². The predicted molar refractivity (Wildman–Crippen MR) is 151 cm³/mol. The van der Waals surface area contributed by atoms with E-state index in [9.17, 15) is 25.9 Å². The van der Waals surface area contributed by atoms with Crippen LogP contribution in [0.4, 0.5) is 0 Å². The molecule has 8 nitrogen and oxygen atoms in total. The number of rotatable bonds is 6. The molecule has 9 atom stereocenters. The van der Waals surface area contributed by atoms with E-state index in [1.54, 1.807) is 11.8 Å². The maximum absolute atomic E-state index is 12.7. The first kappa shape index (κ1) is 28.3. The molecule has 2 saturated heterocycles. The van der Waals surface area contributed by atoms with Gasteiger partial charge in [0.2, 0.25) is 10.4 Å². The van der Waals surface area contributed by atoms with Crippen molar-refractivity contribution in [3.63, 3.8) is 0 Å².